The lowest BCUT2D eigenvalue weighted by Crippen LogP contribution is -2.25. The second-order valence-electron chi connectivity index (χ2n) is 4.37. The lowest BCUT2D eigenvalue weighted by molar-refractivity contribution is 0.0956. The minimum Gasteiger partial charge on any atom is -0.492 e. The quantitative estimate of drug-likeness (QED) is 0.657. The topological polar surface area (TPSA) is 85.6 Å². The first-order valence-electron chi connectivity index (χ1n) is 6.17. The molecule has 0 saturated heterocycles. The maximum atomic E-state index is 12.0. The van der Waals surface area contributed by atoms with Crippen molar-refractivity contribution in [2.24, 2.45) is 0 Å². The molecule has 0 unspecified atom stereocenters. The lowest BCUT2D eigenvalue weighted by Gasteiger charge is -2.05. The van der Waals surface area contributed by atoms with Gasteiger partial charge >= 0.3 is 0 Å². The number of anilines is 2. The van der Waals surface area contributed by atoms with E-state index in [0.717, 1.165) is 17.8 Å². The summed E-state index contributed by atoms with van der Waals surface area (Å²) in [6.45, 7) is 1.21. The van der Waals surface area contributed by atoms with Crippen molar-refractivity contribution in [3.8, 4) is 5.75 Å². The number of nitrogens with two attached hydrogens (primary N) is 1. The average molecular weight is 285 g/mol. The molecule has 7 heteroatoms. The third-order valence-corrected chi connectivity index (χ3v) is 3.96. The van der Waals surface area contributed by atoms with Crippen LogP contribution in [0.5, 0.6) is 5.75 Å². The van der Waals surface area contributed by atoms with Crippen molar-refractivity contribution in [1.29, 1.82) is 0 Å². The fraction of sp³-hybridized carbons (Fsp3) is 0.583. The molecule has 0 aliphatic heterocycles. The molecule has 4 N–H and O–H groups in total. The summed E-state index contributed by atoms with van der Waals surface area (Å²) in [6, 6.07) is 0.310. The van der Waals surface area contributed by atoms with Gasteiger partial charge in [-0.3, -0.25) is 4.79 Å². The minimum atomic E-state index is -0.122. The highest BCUT2D eigenvalue weighted by Gasteiger charge is 2.27. The smallest absolute Gasteiger partial charge is 0.263 e. The molecule has 0 atom stereocenters. The molecular formula is C12H19N3O3S. The molecule has 0 radical (unpaired) electrons. The van der Waals surface area contributed by atoms with Crippen LogP contribution in [0.25, 0.3) is 0 Å². The Labute approximate surface area is 116 Å². The standard InChI is InChI=1S/C12H19N3O3S/c1-17-6-5-14-12-9(18-2)8(13)10(19-12)11(16)15-7-3-4-7/h7,14H,3-6,13H2,1-2H3,(H,15,16). The first-order chi connectivity index (χ1) is 9.17. The second-order valence-corrected chi connectivity index (χ2v) is 5.40. The summed E-state index contributed by atoms with van der Waals surface area (Å²) in [6.07, 6.45) is 2.10. The molecule has 1 heterocycles. The lowest BCUT2D eigenvalue weighted by atomic mass is 10.3. The van der Waals surface area contributed by atoms with Gasteiger partial charge in [-0.1, -0.05) is 0 Å². The van der Waals surface area contributed by atoms with E-state index in [2.05, 4.69) is 10.6 Å². The van der Waals surface area contributed by atoms with Gasteiger partial charge in [-0.2, -0.15) is 0 Å². The van der Waals surface area contributed by atoms with Gasteiger partial charge in [-0.15, -0.1) is 11.3 Å². The van der Waals surface area contributed by atoms with E-state index in [9.17, 15) is 4.79 Å². The first-order valence-corrected chi connectivity index (χ1v) is 6.99. The molecule has 0 aromatic carbocycles. The summed E-state index contributed by atoms with van der Waals surface area (Å²) in [5, 5.41) is 6.85. The van der Waals surface area contributed by atoms with Crippen LogP contribution < -0.4 is 21.1 Å². The summed E-state index contributed by atoms with van der Waals surface area (Å²) in [5.74, 6) is 0.408. The number of hydrogen-bond acceptors (Lipinski definition) is 6. The zero-order chi connectivity index (χ0) is 13.8. The summed E-state index contributed by atoms with van der Waals surface area (Å²) < 4.78 is 10.2. The van der Waals surface area contributed by atoms with E-state index >= 15 is 0 Å². The number of carbonyl (C=O) groups is 1. The zero-order valence-corrected chi connectivity index (χ0v) is 11.9. The molecule has 2 rings (SSSR count). The molecule has 1 amide bonds. The Bertz CT molecular complexity index is 457. The number of rotatable bonds is 7. The number of ether oxygens (including phenoxy) is 2. The molecular weight excluding hydrogens is 266 g/mol. The van der Waals surface area contributed by atoms with Crippen molar-refractivity contribution in [3.05, 3.63) is 4.88 Å². The average Bonchev–Trinajstić information content (AvgIpc) is 3.13. The summed E-state index contributed by atoms with van der Waals surface area (Å²) in [5.41, 5.74) is 6.36. The maximum absolute atomic E-state index is 12.0. The van der Waals surface area contributed by atoms with Gasteiger partial charge < -0.3 is 25.8 Å². The van der Waals surface area contributed by atoms with Crippen LogP contribution in [0, 0.1) is 0 Å². The Morgan fingerprint density at radius 3 is 2.79 bits per heavy atom. The van der Waals surface area contributed by atoms with Gasteiger partial charge in [0.15, 0.2) is 5.75 Å². The number of hydrogen-bond donors (Lipinski definition) is 3. The predicted molar refractivity (Wildman–Crippen MR) is 76.1 cm³/mol. The highest BCUT2D eigenvalue weighted by molar-refractivity contribution is 7.19. The number of methoxy groups -OCH3 is 2. The van der Waals surface area contributed by atoms with Crippen molar-refractivity contribution in [3.63, 3.8) is 0 Å². The SMILES string of the molecule is COCCNc1sc(C(=O)NC2CC2)c(N)c1OC. The molecule has 19 heavy (non-hydrogen) atoms. The monoisotopic (exact) mass is 285 g/mol. The highest BCUT2D eigenvalue weighted by Crippen LogP contribution is 2.42. The first kappa shape index (κ1) is 14.0. The van der Waals surface area contributed by atoms with Crippen LogP contribution in [0.4, 0.5) is 10.7 Å². The number of nitrogen functional groups attached to an aromatic ring is 1. The number of amides is 1. The van der Waals surface area contributed by atoms with E-state index < -0.39 is 0 Å². The van der Waals surface area contributed by atoms with Gasteiger partial charge in [0.2, 0.25) is 0 Å². The fourth-order valence-corrected chi connectivity index (χ4v) is 2.68. The van der Waals surface area contributed by atoms with E-state index in [1.807, 2.05) is 0 Å². The van der Waals surface area contributed by atoms with Gasteiger partial charge in [-0.25, -0.2) is 0 Å². The van der Waals surface area contributed by atoms with Crippen LogP contribution >= 0.6 is 11.3 Å². The molecule has 1 aromatic rings. The molecule has 1 saturated carbocycles. The Morgan fingerprint density at radius 1 is 1.47 bits per heavy atom. The van der Waals surface area contributed by atoms with E-state index in [4.69, 9.17) is 15.2 Å². The summed E-state index contributed by atoms with van der Waals surface area (Å²) >= 11 is 1.31. The van der Waals surface area contributed by atoms with Gasteiger partial charge in [0.05, 0.1) is 13.7 Å². The molecule has 1 aliphatic carbocycles. The van der Waals surface area contributed by atoms with Gasteiger partial charge in [-0.05, 0) is 12.8 Å². The number of nitrogens with one attached hydrogen (secondary N) is 2. The van der Waals surface area contributed by atoms with Gasteiger partial charge in [0.1, 0.15) is 15.6 Å². The zero-order valence-electron chi connectivity index (χ0n) is 11.1. The molecule has 106 valence electrons. The van der Waals surface area contributed by atoms with Crippen molar-refractivity contribution in [2.75, 3.05) is 38.4 Å². The van der Waals surface area contributed by atoms with Crippen molar-refractivity contribution in [1.82, 2.24) is 5.32 Å². The van der Waals surface area contributed by atoms with E-state index in [0.29, 0.717) is 35.5 Å². The Morgan fingerprint density at radius 2 is 2.21 bits per heavy atom. The normalized spacial score (nSPS) is 14.2. The van der Waals surface area contributed by atoms with Crippen LogP contribution in [0.3, 0.4) is 0 Å². The van der Waals surface area contributed by atoms with Crippen molar-refractivity contribution in [2.45, 2.75) is 18.9 Å². The van der Waals surface area contributed by atoms with E-state index in [-0.39, 0.29) is 5.91 Å². The molecule has 1 aromatic heterocycles. The van der Waals surface area contributed by atoms with Crippen LogP contribution in [0.2, 0.25) is 0 Å². The number of thiophene rings is 1. The van der Waals surface area contributed by atoms with Crippen molar-refractivity contribution < 1.29 is 14.3 Å². The molecule has 0 spiro atoms. The Hall–Kier alpha value is -1.47. The molecule has 1 aliphatic rings. The van der Waals surface area contributed by atoms with E-state index in [1.54, 1.807) is 14.2 Å². The third-order valence-electron chi connectivity index (χ3n) is 2.81. The van der Waals surface area contributed by atoms with Crippen molar-refractivity contribution >= 4 is 27.9 Å². The van der Waals surface area contributed by atoms with Crippen LogP contribution in [0.15, 0.2) is 0 Å². The third kappa shape index (κ3) is 3.30. The summed E-state index contributed by atoms with van der Waals surface area (Å²) in [7, 11) is 3.18. The Kier molecular flexibility index (Phi) is 4.49. The molecule has 1 fully saturated rings. The second kappa shape index (κ2) is 6.12. The molecule has 6 nitrogen and oxygen atoms in total. The Balaban J connectivity index is 2.11. The van der Waals surface area contributed by atoms with Gasteiger partial charge in [0, 0.05) is 19.7 Å². The summed E-state index contributed by atoms with van der Waals surface area (Å²) in [4.78, 5) is 12.5. The highest BCUT2D eigenvalue weighted by atomic mass is 32.1. The van der Waals surface area contributed by atoms with E-state index in [1.165, 1.54) is 11.3 Å². The fourth-order valence-electron chi connectivity index (χ4n) is 1.66. The van der Waals surface area contributed by atoms with Crippen LogP contribution in [-0.2, 0) is 4.74 Å². The predicted octanol–water partition coefficient (Wildman–Crippen LogP) is 1.29. The molecule has 0 bridgehead atoms. The minimum absolute atomic E-state index is 0.122. The maximum Gasteiger partial charge on any atom is 0.263 e. The van der Waals surface area contributed by atoms with Crippen LogP contribution in [-0.4, -0.2) is 39.3 Å². The van der Waals surface area contributed by atoms with Crippen LogP contribution in [0.1, 0.15) is 22.5 Å². The van der Waals surface area contributed by atoms with Gasteiger partial charge in [0.25, 0.3) is 5.91 Å². The number of carbonyl (C=O) groups excluding carboxylic acids is 1. The largest absolute Gasteiger partial charge is 0.492 e.